The lowest BCUT2D eigenvalue weighted by atomic mass is 10.1. The number of halogens is 3. The summed E-state index contributed by atoms with van der Waals surface area (Å²) < 4.78 is 43.6. The number of hydrogen-bond donors (Lipinski definition) is 2. The van der Waals surface area contributed by atoms with Crippen LogP contribution in [0.1, 0.15) is 42.6 Å². The molecule has 0 saturated heterocycles. The normalized spacial score (nSPS) is 12.9. The van der Waals surface area contributed by atoms with E-state index in [2.05, 4.69) is 26.7 Å². The number of aliphatic imine (C=N–C) groups is 1. The Morgan fingerprint density at radius 1 is 1.17 bits per heavy atom. The average molecular weight is 429 g/mol. The molecule has 0 aliphatic rings. The van der Waals surface area contributed by atoms with E-state index in [4.69, 9.17) is 4.74 Å². The molecule has 0 fully saturated rings. The number of nitrogens with zero attached hydrogens (tertiary/aromatic N) is 2. The molecule has 2 aromatic rings. The minimum Gasteiger partial charge on any atom is -0.371 e. The second kappa shape index (κ2) is 10.1. The smallest absolute Gasteiger partial charge is 0.371 e. The van der Waals surface area contributed by atoms with Crippen LogP contribution in [0, 0.1) is 0 Å². The number of ether oxygens (including phenoxy) is 1. The third-order valence-electron chi connectivity index (χ3n) is 3.82. The van der Waals surface area contributed by atoms with Crippen molar-refractivity contribution in [2.24, 2.45) is 4.99 Å². The van der Waals surface area contributed by atoms with Crippen molar-refractivity contribution in [3.63, 3.8) is 0 Å². The molecule has 0 spiro atoms. The molecule has 2 N–H and O–H groups in total. The van der Waals surface area contributed by atoms with Crippen LogP contribution in [0.3, 0.4) is 0 Å². The number of thiazole rings is 1. The van der Waals surface area contributed by atoms with Crippen LogP contribution in [-0.2, 0) is 30.5 Å². The maximum atomic E-state index is 12.6. The fraction of sp³-hybridized carbons (Fsp3) is 0.500. The molecule has 0 aliphatic heterocycles. The number of nitrogens with one attached hydrogen (secondary N) is 2. The molecule has 1 aromatic carbocycles. The third kappa shape index (κ3) is 8.41. The first-order valence-electron chi connectivity index (χ1n) is 9.25. The van der Waals surface area contributed by atoms with Gasteiger partial charge in [0.1, 0.15) is 0 Å². The minimum atomic E-state index is -4.40. The quantitative estimate of drug-likeness (QED) is 0.507. The highest BCUT2D eigenvalue weighted by Gasteiger charge is 2.33. The van der Waals surface area contributed by atoms with E-state index in [1.165, 1.54) is 0 Å². The van der Waals surface area contributed by atoms with Crippen molar-refractivity contribution in [2.75, 3.05) is 13.6 Å². The van der Waals surface area contributed by atoms with Gasteiger partial charge in [0.25, 0.3) is 0 Å². The van der Waals surface area contributed by atoms with Gasteiger partial charge in [-0.15, -0.1) is 11.3 Å². The van der Waals surface area contributed by atoms with Crippen LogP contribution in [-0.4, -0.2) is 30.1 Å². The van der Waals surface area contributed by atoms with Crippen molar-refractivity contribution < 1.29 is 17.9 Å². The van der Waals surface area contributed by atoms with Gasteiger partial charge in [0, 0.05) is 31.9 Å². The van der Waals surface area contributed by atoms with Crippen molar-refractivity contribution in [3.05, 3.63) is 51.5 Å². The molecule has 1 aromatic heterocycles. The molecule has 0 radical (unpaired) electrons. The van der Waals surface area contributed by atoms with E-state index in [9.17, 15) is 13.2 Å². The lowest BCUT2D eigenvalue weighted by molar-refractivity contribution is -0.140. The molecule has 160 valence electrons. The van der Waals surface area contributed by atoms with Crippen LogP contribution in [0.2, 0.25) is 0 Å². The molecule has 5 nitrogen and oxygen atoms in total. The van der Waals surface area contributed by atoms with Gasteiger partial charge in [-0.3, -0.25) is 4.99 Å². The zero-order valence-electron chi connectivity index (χ0n) is 17.1. The molecule has 0 bridgehead atoms. The summed E-state index contributed by atoms with van der Waals surface area (Å²) in [5.41, 5.74) is 1.14. The van der Waals surface area contributed by atoms with E-state index in [0.717, 1.165) is 27.8 Å². The first kappa shape index (κ1) is 23.2. The summed E-state index contributed by atoms with van der Waals surface area (Å²) in [5, 5.41) is 7.77. The van der Waals surface area contributed by atoms with E-state index in [0.29, 0.717) is 37.1 Å². The van der Waals surface area contributed by atoms with Crippen molar-refractivity contribution in [3.8, 4) is 0 Å². The fourth-order valence-electron chi connectivity index (χ4n) is 2.38. The van der Waals surface area contributed by atoms with Crippen LogP contribution in [0.15, 0.2) is 34.6 Å². The molecular weight excluding hydrogens is 401 g/mol. The number of alkyl halides is 3. The van der Waals surface area contributed by atoms with E-state index >= 15 is 0 Å². The standard InChI is InChI=1S/C20H27F3N4OS/c1-19(2,3)28-12-15-7-5-6-14(10-15)11-26-18(24-4)25-9-8-17-27-16(13-29-17)20(21,22)23/h5-7,10,13H,8-9,11-12H2,1-4H3,(H2,24,25,26). The molecular formula is C20H27F3N4OS. The highest BCUT2D eigenvalue weighted by atomic mass is 32.1. The second-order valence-corrected chi connectivity index (χ2v) is 8.39. The van der Waals surface area contributed by atoms with Crippen LogP contribution in [0.5, 0.6) is 0 Å². The Kier molecular flexibility index (Phi) is 8.04. The maximum absolute atomic E-state index is 12.6. The predicted octanol–water partition coefficient (Wildman–Crippen LogP) is 4.38. The van der Waals surface area contributed by atoms with Gasteiger partial charge in [-0.25, -0.2) is 4.98 Å². The third-order valence-corrected chi connectivity index (χ3v) is 4.73. The summed E-state index contributed by atoms with van der Waals surface area (Å²) in [6.45, 7) is 7.59. The van der Waals surface area contributed by atoms with Crippen LogP contribution < -0.4 is 10.6 Å². The highest BCUT2D eigenvalue weighted by Crippen LogP contribution is 2.30. The number of aromatic nitrogens is 1. The molecule has 0 amide bonds. The van der Waals surface area contributed by atoms with Gasteiger partial charge in [0.05, 0.1) is 17.2 Å². The number of guanidine groups is 1. The summed E-state index contributed by atoms with van der Waals surface area (Å²) in [4.78, 5) is 7.77. The first-order valence-corrected chi connectivity index (χ1v) is 10.1. The summed E-state index contributed by atoms with van der Waals surface area (Å²) in [7, 11) is 1.65. The Labute approximate surface area is 173 Å². The highest BCUT2D eigenvalue weighted by molar-refractivity contribution is 7.09. The Hall–Kier alpha value is -2.13. The zero-order valence-corrected chi connectivity index (χ0v) is 17.9. The summed E-state index contributed by atoms with van der Waals surface area (Å²) in [6, 6.07) is 8.08. The zero-order chi connectivity index (χ0) is 21.5. The SMILES string of the molecule is CN=C(NCCc1nc(C(F)(F)F)cs1)NCc1cccc(COC(C)(C)C)c1. The minimum absolute atomic E-state index is 0.196. The van der Waals surface area contributed by atoms with Crippen LogP contribution in [0.25, 0.3) is 0 Å². The number of hydrogen-bond acceptors (Lipinski definition) is 4. The molecule has 29 heavy (non-hydrogen) atoms. The topological polar surface area (TPSA) is 58.5 Å². The summed E-state index contributed by atoms with van der Waals surface area (Å²) >= 11 is 1.01. The monoisotopic (exact) mass is 428 g/mol. The van der Waals surface area contributed by atoms with E-state index in [1.807, 2.05) is 39.0 Å². The fourth-order valence-corrected chi connectivity index (χ4v) is 3.18. The van der Waals surface area contributed by atoms with E-state index < -0.39 is 11.9 Å². The molecule has 9 heteroatoms. The Morgan fingerprint density at radius 2 is 1.90 bits per heavy atom. The lowest BCUT2D eigenvalue weighted by Gasteiger charge is -2.19. The Bertz CT molecular complexity index is 813. The molecule has 0 unspecified atom stereocenters. The predicted molar refractivity (Wildman–Crippen MR) is 110 cm³/mol. The maximum Gasteiger partial charge on any atom is 0.434 e. The van der Waals surface area contributed by atoms with Crippen molar-refractivity contribution >= 4 is 17.3 Å². The molecule has 1 heterocycles. The molecule has 0 aliphatic carbocycles. The van der Waals surface area contributed by atoms with E-state index in [1.54, 1.807) is 7.05 Å². The molecule has 2 rings (SSSR count). The number of rotatable bonds is 7. The van der Waals surface area contributed by atoms with Gasteiger partial charge < -0.3 is 15.4 Å². The summed E-state index contributed by atoms with van der Waals surface area (Å²) in [6.07, 6.45) is -4.01. The van der Waals surface area contributed by atoms with Gasteiger partial charge in [-0.1, -0.05) is 24.3 Å². The van der Waals surface area contributed by atoms with Crippen LogP contribution >= 0.6 is 11.3 Å². The van der Waals surface area contributed by atoms with Gasteiger partial charge in [-0.05, 0) is 31.9 Å². The molecule has 0 atom stereocenters. The van der Waals surface area contributed by atoms with Crippen molar-refractivity contribution in [2.45, 2.75) is 52.1 Å². The Morgan fingerprint density at radius 3 is 2.52 bits per heavy atom. The largest absolute Gasteiger partial charge is 0.434 e. The van der Waals surface area contributed by atoms with E-state index in [-0.39, 0.29) is 5.60 Å². The van der Waals surface area contributed by atoms with Gasteiger partial charge in [0.15, 0.2) is 11.7 Å². The lowest BCUT2D eigenvalue weighted by Crippen LogP contribution is -2.37. The molecule has 0 saturated carbocycles. The Balaban J connectivity index is 1.80. The van der Waals surface area contributed by atoms with Crippen LogP contribution in [0.4, 0.5) is 13.2 Å². The van der Waals surface area contributed by atoms with Gasteiger partial charge in [-0.2, -0.15) is 13.2 Å². The number of benzene rings is 1. The van der Waals surface area contributed by atoms with Gasteiger partial charge >= 0.3 is 6.18 Å². The van der Waals surface area contributed by atoms with Crippen molar-refractivity contribution in [1.29, 1.82) is 0 Å². The summed E-state index contributed by atoms with van der Waals surface area (Å²) in [5.74, 6) is 0.578. The van der Waals surface area contributed by atoms with Gasteiger partial charge in [0.2, 0.25) is 0 Å². The first-order chi connectivity index (χ1) is 13.6. The second-order valence-electron chi connectivity index (χ2n) is 7.45. The van der Waals surface area contributed by atoms with Crippen molar-refractivity contribution in [1.82, 2.24) is 15.6 Å². The average Bonchev–Trinajstić information content (AvgIpc) is 3.12.